The number of benzene rings is 2. The predicted molar refractivity (Wildman–Crippen MR) is 104 cm³/mol. The lowest BCUT2D eigenvalue weighted by atomic mass is 10.1. The van der Waals surface area contributed by atoms with Crippen molar-refractivity contribution in [3.63, 3.8) is 0 Å². The molecule has 0 saturated heterocycles. The maximum absolute atomic E-state index is 12.3. The van der Waals surface area contributed by atoms with Gasteiger partial charge in [-0.15, -0.1) is 0 Å². The van der Waals surface area contributed by atoms with E-state index in [0.29, 0.717) is 10.7 Å². The summed E-state index contributed by atoms with van der Waals surface area (Å²) in [4.78, 5) is 16.5. The zero-order chi connectivity index (χ0) is 17.4. The molecular weight excluding hydrogens is 354 g/mol. The van der Waals surface area contributed by atoms with Gasteiger partial charge in [-0.3, -0.25) is 4.79 Å². The van der Waals surface area contributed by atoms with E-state index in [-0.39, 0.29) is 11.6 Å². The molecule has 2 N–H and O–H groups in total. The van der Waals surface area contributed by atoms with Crippen molar-refractivity contribution >= 4 is 45.6 Å². The molecule has 6 heteroatoms. The van der Waals surface area contributed by atoms with E-state index >= 15 is 0 Å². The molecule has 0 aliphatic heterocycles. The van der Waals surface area contributed by atoms with Crippen LogP contribution in [-0.2, 0) is 0 Å². The number of para-hydroxylation sites is 1. The number of rotatable bonds is 3. The highest BCUT2D eigenvalue weighted by Crippen LogP contribution is 2.27. The van der Waals surface area contributed by atoms with Gasteiger partial charge in [0.25, 0.3) is 5.91 Å². The minimum absolute atomic E-state index is 0.267. The summed E-state index contributed by atoms with van der Waals surface area (Å²) in [6.07, 6.45) is 0. The van der Waals surface area contributed by atoms with Crippen molar-refractivity contribution < 1.29 is 4.79 Å². The summed E-state index contributed by atoms with van der Waals surface area (Å²) >= 11 is 7.32. The Balaban J connectivity index is 1.55. The Labute approximate surface area is 153 Å². The van der Waals surface area contributed by atoms with Crippen LogP contribution >= 0.6 is 23.1 Å². The number of nitrogens with one attached hydrogen (secondary N) is 2. The quantitative estimate of drug-likeness (QED) is 0.502. The van der Waals surface area contributed by atoms with Gasteiger partial charge >= 0.3 is 0 Å². The fourth-order valence-corrected chi connectivity index (χ4v) is 3.52. The monoisotopic (exact) mass is 367 g/mol. The Morgan fingerprint density at radius 1 is 1.16 bits per heavy atom. The van der Waals surface area contributed by atoms with Crippen LogP contribution in [0.3, 0.4) is 0 Å². The topological polar surface area (TPSA) is 57.8 Å². The highest BCUT2D eigenvalue weighted by Gasteiger charge is 2.16. The average Bonchev–Trinajstić information content (AvgIpc) is 3.19. The number of nitrogens with zero attached hydrogens (tertiary/aromatic N) is 1. The number of hydrogen-bond donors (Lipinski definition) is 2. The number of aromatic nitrogens is 2. The number of H-pyrrole nitrogens is 1. The number of carbonyl (C=O) groups is 1. The summed E-state index contributed by atoms with van der Waals surface area (Å²) < 4.78 is 4.09. The van der Waals surface area contributed by atoms with E-state index < -0.39 is 0 Å². The predicted octanol–water partition coefficient (Wildman–Crippen LogP) is 5.51. The minimum atomic E-state index is -0.298. The van der Waals surface area contributed by atoms with Crippen molar-refractivity contribution in [1.82, 2.24) is 9.36 Å². The molecule has 0 fully saturated rings. The van der Waals surface area contributed by atoms with Crippen LogP contribution in [0, 0.1) is 6.92 Å². The number of aryl methyl sites for hydroxylation is 1. The molecule has 2 aromatic heterocycles. The van der Waals surface area contributed by atoms with Crippen molar-refractivity contribution in [3.8, 4) is 11.3 Å². The first-order valence-corrected chi connectivity index (χ1v) is 8.88. The zero-order valence-electron chi connectivity index (χ0n) is 13.3. The first kappa shape index (κ1) is 15.9. The van der Waals surface area contributed by atoms with Gasteiger partial charge in [0.1, 0.15) is 0 Å². The number of carbonyl (C=O) groups excluding carboxylic acids is 1. The fraction of sp³-hybridized carbons (Fsp3) is 0.0526. The number of anilines is 1. The van der Waals surface area contributed by atoms with Crippen LogP contribution in [0.25, 0.3) is 22.2 Å². The van der Waals surface area contributed by atoms with Gasteiger partial charge < -0.3 is 10.3 Å². The van der Waals surface area contributed by atoms with Crippen molar-refractivity contribution in [2.45, 2.75) is 6.92 Å². The number of halogens is 1. The molecule has 4 nitrogen and oxygen atoms in total. The molecule has 0 aliphatic carbocycles. The summed E-state index contributed by atoms with van der Waals surface area (Å²) in [5, 5.41) is 4.41. The highest BCUT2D eigenvalue weighted by atomic mass is 35.5. The van der Waals surface area contributed by atoms with Gasteiger partial charge in [0.15, 0.2) is 5.69 Å². The molecule has 0 radical (unpaired) electrons. The smallest absolute Gasteiger partial charge is 0.276 e. The van der Waals surface area contributed by atoms with Gasteiger partial charge in [0.05, 0.1) is 5.02 Å². The van der Waals surface area contributed by atoms with Crippen LogP contribution in [0.2, 0.25) is 5.02 Å². The first-order valence-electron chi connectivity index (χ1n) is 7.73. The van der Waals surface area contributed by atoms with Gasteiger partial charge in [-0.1, -0.05) is 41.9 Å². The molecule has 25 heavy (non-hydrogen) atoms. The van der Waals surface area contributed by atoms with E-state index in [2.05, 4.69) is 26.8 Å². The zero-order valence-corrected chi connectivity index (χ0v) is 14.9. The highest BCUT2D eigenvalue weighted by molar-refractivity contribution is 7.06. The van der Waals surface area contributed by atoms with Crippen molar-refractivity contribution in [3.05, 3.63) is 70.2 Å². The second-order valence-electron chi connectivity index (χ2n) is 5.70. The molecule has 0 unspecified atom stereocenters. The average molecular weight is 368 g/mol. The third kappa shape index (κ3) is 3.04. The SMILES string of the molecule is Cc1snc(C(=O)Nc2ccc(-c3cc4ccccc4[nH]3)cc2)c1Cl. The second kappa shape index (κ2) is 6.35. The van der Waals surface area contributed by atoms with Crippen LogP contribution in [0.1, 0.15) is 15.4 Å². The molecule has 0 saturated carbocycles. The maximum atomic E-state index is 12.3. The third-order valence-electron chi connectivity index (χ3n) is 3.99. The number of aromatic amines is 1. The lowest BCUT2D eigenvalue weighted by Crippen LogP contribution is -2.12. The molecule has 0 bridgehead atoms. The minimum Gasteiger partial charge on any atom is -0.355 e. The molecule has 2 heterocycles. The first-order chi connectivity index (χ1) is 12.1. The Morgan fingerprint density at radius 3 is 2.60 bits per heavy atom. The summed E-state index contributed by atoms with van der Waals surface area (Å²) in [7, 11) is 0. The van der Waals surface area contributed by atoms with E-state index in [4.69, 9.17) is 11.6 Å². The standard InChI is InChI=1S/C19H14ClN3OS/c1-11-17(20)18(23-25-11)19(24)21-14-8-6-12(7-9-14)16-10-13-4-2-3-5-15(13)22-16/h2-10,22H,1H3,(H,21,24). The molecule has 4 aromatic rings. The summed E-state index contributed by atoms with van der Waals surface area (Å²) in [6.45, 7) is 1.84. The van der Waals surface area contributed by atoms with Crippen LogP contribution < -0.4 is 5.32 Å². The lowest BCUT2D eigenvalue weighted by molar-refractivity contribution is 0.102. The lowest BCUT2D eigenvalue weighted by Gasteiger charge is -2.05. The number of hydrogen-bond acceptors (Lipinski definition) is 3. The van der Waals surface area contributed by atoms with Crippen LogP contribution in [-0.4, -0.2) is 15.3 Å². The van der Waals surface area contributed by atoms with E-state index in [1.54, 1.807) is 0 Å². The molecule has 1 amide bonds. The van der Waals surface area contributed by atoms with Crippen LogP contribution in [0.15, 0.2) is 54.6 Å². The van der Waals surface area contributed by atoms with Gasteiger partial charge in [-0.2, -0.15) is 4.37 Å². The molecular formula is C19H14ClN3OS. The van der Waals surface area contributed by atoms with Gasteiger partial charge in [-0.05, 0) is 48.3 Å². The van der Waals surface area contributed by atoms with Crippen LogP contribution in [0.4, 0.5) is 5.69 Å². The van der Waals surface area contributed by atoms with Gasteiger partial charge in [0.2, 0.25) is 0 Å². The fourth-order valence-electron chi connectivity index (χ4n) is 2.65. The van der Waals surface area contributed by atoms with E-state index in [0.717, 1.165) is 21.7 Å². The Morgan fingerprint density at radius 2 is 1.92 bits per heavy atom. The number of amides is 1. The molecule has 0 aliphatic rings. The Bertz CT molecular complexity index is 1030. The van der Waals surface area contributed by atoms with Crippen molar-refractivity contribution in [2.75, 3.05) is 5.32 Å². The third-order valence-corrected chi connectivity index (χ3v) is 5.32. The molecule has 124 valence electrons. The number of fused-ring (bicyclic) bond motifs is 1. The molecule has 4 rings (SSSR count). The maximum Gasteiger partial charge on any atom is 0.276 e. The molecule has 0 atom stereocenters. The largest absolute Gasteiger partial charge is 0.355 e. The molecule has 0 spiro atoms. The Hall–Kier alpha value is -2.63. The van der Waals surface area contributed by atoms with Crippen molar-refractivity contribution in [1.29, 1.82) is 0 Å². The van der Waals surface area contributed by atoms with Gasteiger partial charge in [0, 0.05) is 27.2 Å². The normalized spacial score (nSPS) is 11.0. The van der Waals surface area contributed by atoms with Gasteiger partial charge in [-0.25, -0.2) is 0 Å². The molecule has 2 aromatic carbocycles. The van der Waals surface area contributed by atoms with E-state index in [9.17, 15) is 4.79 Å². The Kier molecular flexibility index (Phi) is 4.03. The van der Waals surface area contributed by atoms with E-state index in [1.165, 1.54) is 16.9 Å². The van der Waals surface area contributed by atoms with Crippen LogP contribution in [0.5, 0.6) is 0 Å². The van der Waals surface area contributed by atoms with E-state index in [1.807, 2.05) is 49.4 Å². The summed E-state index contributed by atoms with van der Waals surface area (Å²) in [5.74, 6) is -0.298. The summed E-state index contributed by atoms with van der Waals surface area (Å²) in [5.41, 5.74) is 4.16. The second-order valence-corrected chi connectivity index (χ2v) is 7.06. The van der Waals surface area contributed by atoms with Crippen molar-refractivity contribution in [2.24, 2.45) is 0 Å². The summed E-state index contributed by atoms with van der Waals surface area (Å²) in [6, 6.07) is 17.9.